The van der Waals surface area contributed by atoms with E-state index in [0.717, 1.165) is 70.6 Å². The molecule has 6 nitrogen and oxygen atoms in total. The van der Waals surface area contributed by atoms with Gasteiger partial charge in [0, 0.05) is 12.8 Å². The number of aliphatic hydroxyl groups is 2. The van der Waals surface area contributed by atoms with E-state index in [1.54, 1.807) is 0 Å². The lowest BCUT2D eigenvalue weighted by atomic mass is 10.0. The van der Waals surface area contributed by atoms with E-state index >= 15 is 0 Å². The highest BCUT2D eigenvalue weighted by atomic mass is 16.5. The van der Waals surface area contributed by atoms with E-state index in [-0.39, 0.29) is 18.5 Å². The fraction of sp³-hybridized carbons (Fsp3) is 0.905. The summed E-state index contributed by atoms with van der Waals surface area (Å²) in [5.74, 6) is -0.0535. The predicted octanol–water partition coefficient (Wildman–Crippen LogP) is 19.4. The van der Waals surface area contributed by atoms with E-state index in [4.69, 9.17) is 4.74 Å². The molecule has 3 N–H and O–H groups in total. The third-order valence-corrected chi connectivity index (χ3v) is 14.5. The number of hydrogen-bond donors (Lipinski definition) is 3. The van der Waals surface area contributed by atoms with Gasteiger partial charge in [0.1, 0.15) is 0 Å². The normalized spacial score (nSPS) is 12.7. The lowest BCUT2D eigenvalue weighted by Crippen LogP contribution is -2.45. The number of allylic oxidation sites excluding steroid dienone is 4. The number of carbonyl (C=O) groups excluding carboxylic acids is 2. The Kier molecular flexibility index (Phi) is 57.5. The molecule has 69 heavy (non-hydrogen) atoms. The Morgan fingerprint density at radius 1 is 0.406 bits per heavy atom. The smallest absolute Gasteiger partial charge is 0.305 e. The molecule has 0 aliphatic heterocycles. The topological polar surface area (TPSA) is 95.9 Å². The highest BCUT2D eigenvalue weighted by molar-refractivity contribution is 5.76. The van der Waals surface area contributed by atoms with Crippen LogP contribution in [0.2, 0.25) is 0 Å². The molecule has 0 aromatic heterocycles. The lowest BCUT2D eigenvalue weighted by molar-refractivity contribution is -0.143. The highest BCUT2D eigenvalue weighted by Gasteiger charge is 2.20. The second kappa shape index (κ2) is 58.9. The largest absolute Gasteiger partial charge is 0.466 e. The molecule has 0 rings (SSSR count). The van der Waals surface area contributed by atoms with Crippen LogP contribution in [0.4, 0.5) is 0 Å². The molecule has 0 bridgehead atoms. The van der Waals surface area contributed by atoms with Gasteiger partial charge in [-0.25, -0.2) is 0 Å². The number of rotatable bonds is 58. The second-order valence-corrected chi connectivity index (χ2v) is 21.4. The average Bonchev–Trinajstić information content (AvgIpc) is 3.35. The summed E-state index contributed by atoms with van der Waals surface area (Å²) in [5.41, 5.74) is 0. The Bertz CT molecular complexity index is 1080. The average molecular weight is 973 g/mol. The summed E-state index contributed by atoms with van der Waals surface area (Å²) in [5, 5.41) is 23.4. The highest BCUT2D eigenvalue weighted by Crippen LogP contribution is 2.18. The van der Waals surface area contributed by atoms with E-state index in [1.807, 2.05) is 0 Å². The van der Waals surface area contributed by atoms with Gasteiger partial charge in [0.05, 0.1) is 25.4 Å². The van der Waals surface area contributed by atoms with Crippen molar-refractivity contribution in [3.8, 4) is 0 Å². The number of nitrogens with one attached hydrogen (secondary N) is 1. The quantitative estimate of drug-likeness (QED) is 0.0321. The second-order valence-electron chi connectivity index (χ2n) is 21.4. The molecule has 0 aromatic rings. The molecule has 1 amide bonds. The molecule has 2 unspecified atom stereocenters. The Morgan fingerprint density at radius 3 is 1.07 bits per heavy atom. The van der Waals surface area contributed by atoms with Gasteiger partial charge < -0.3 is 20.3 Å². The molecule has 0 saturated carbocycles. The van der Waals surface area contributed by atoms with Gasteiger partial charge in [0.15, 0.2) is 0 Å². The van der Waals surface area contributed by atoms with E-state index in [1.165, 1.54) is 238 Å². The van der Waals surface area contributed by atoms with Crippen LogP contribution in [0.15, 0.2) is 24.3 Å². The molecule has 0 saturated heterocycles. The number of esters is 1. The van der Waals surface area contributed by atoms with Gasteiger partial charge in [-0.2, -0.15) is 0 Å². The first kappa shape index (κ1) is 67.3. The standard InChI is InChI=1S/C63H121NO5/c1-3-5-7-9-11-13-15-17-18-19-20-21-23-26-29-32-35-39-43-47-51-55-61(66)60(59-65)64-62(67)56-52-48-44-40-36-33-30-27-24-22-25-28-31-34-38-42-46-50-54-58-69-63(68)57-53-49-45-41-37-16-14-12-10-8-6-4-2/h28,31,34,38,60-61,65-66H,3-27,29-30,32-33,35-37,39-59H2,1-2H3,(H,64,67)/b31-28-,38-34-. The summed E-state index contributed by atoms with van der Waals surface area (Å²) in [6, 6.07) is -0.550. The molecule has 0 aromatic carbocycles. The molecule has 408 valence electrons. The molecule has 0 radical (unpaired) electrons. The van der Waals surface area contributed by atoms with Crippen LogP contribution in [0.3, 0.4) is 0 Å². The summed E-state index contributed by atoms with van der Waals surface area (Å²) < 4.78 is 5.44. The van der Waals surface area contributed by atoms with Crippen molar-refractivity contribution >= 4 is 11.9 Å². The zero-order valence-electron chi connectivity index (χ0n) is 46.6. The monoisotopic (exact) mass is 972 g/mol. The van der Waals surface area contributed by atoms with Gasteiger partial charge in [-0.3, -0.25) is 9.59 Å². The van der Waals surface area contributed by atoms with Crippen LogP contribution in [-0.4, -0.2) is 47.4 Å². The van der Waals surface area contributed by atoms with Crippen molar-refractivity contribution < 1.29 is 24.5 Å². The number of amides is 1. The van der Waals surface area contributed by atoms with Gasteiger partial charge in [-0.1, -0.05) is 295 Å². The van der Waals surface area contributed by atoms with Crippen molar-refractivity contribution in [3.05, 3.63) is 24.3 Å². The minimum absolute atomic E-state index is 0.0121. The summed E-state index contributed by atoms with van der Waals surface area (Å²) in [6.45, 7) is 4.93. The Balaban J connectivity index is 3.47. The maximum Gasteiger partial charge on any atom is 0.305 e. The molecular weight excluding hydrogens is 851 g/mol. The van der Waals surface area contributed by atoms with Crippen molar-refractivity contribution in [1.29, 1.82) is 0 Å². The van der Waals surface area contributed by atoms with Crippen molar-refractivity contribution in [2.75, 3.05) is 13.2 Å². The van der Waals surface area contributed by atoms with Crippen LogP contribution >= 0.6 is 0 Å². The minimum Gasteiger partial charge on any atom is -0.466 e. The molecule has 6 heteroatoms. The van der Waals surface area contributed by atoms with Crippen LogP contribution in [0, 0.1) is 0 Å². The lowest BCUT2D eigenvalue weighted by Gasteiger charge is -2.22. The van der Waals surface area contributed by atoms with Gasteiger partial charge in [0.2, 0.25) is 5.91 Å². The summed E-state index contributed by atoms with van der Waals surface area (Å²) in [4.78, 5) is 24.5. The number of ether oxygens (including phenoxy) is 1. The molecule has 0 fully saturated rings. The first-order valence-corrected chi connectivity index (χ1v) is 31.1. The first-order valence-electron chi connectivity index (χ1n) is 31.1. The number of unbranched alkanes of at least 4 members (excludes halogenated alkanes) is 44. The Morgan fingerprint density at radius 2 is 0.710 bits per heavy atom. The predicted molar refractivity (Wildman–Crippen MR) is 301 cm³/mol. The van der Waals surface area contributed by atoms with Crippen LogP contribution in [-0.2, 0) is 14.3 Å². The van der Waals surface area contributed by atoms with E-state index in [0.29, 0.717) is 25.9 Å². The van der Waals surface area contributed by atoms with Crippen molar-refractivity contribution in [2.24, 2.45) is 0 Å². The van der Waals surface area contributed by atoms with Gasteiger partial charge in [-0.05, 0) is 57.8 Å². The summed E-state index contributed by atoms with van der Waals surface area (Å²) in [7, 11) is 0. The fourth-order valence-corrected chi connectivity index (χ4v) is 9.75. The van der Waals surface area contributed by atoms with Crippen LogP contribution in [0.1, 0.15) is 341 Å². The third-order valence-electron chi connectivity index (χ3n) is 14.5. The van der Waals surface area contributed by atoms with Crippen LogP contribution in [0.5, 0.6) is 0 Å². The number of aliphatic hydroxyl groups excluding tert-OH is 2. The molecule has 0 aliphatic rings. The zero-order valence-corrected chi connectivity index (χ0v) is 46.6. The van der Waals surface area contributed by atoms with Gasteiger partial charge >= 0.3 is 5.97 Å². The molecule has 0 heterocycles. The van der Waals surface area contributed by atoms with Crippen LogP contribution < -0.4 is 5.32 Å². The number of carbonyl (C=O) groups is 2. The van der Waals surface area contributed by atoms with E-state index in [9.17, 15) is 19.8 Å². The van der Waals surface area contributed by atoms with E-state index in [2.05, 4.69) is 43.5 Å². The fourth-order valence-electron chi connectivity index (χ4n) is 9.75. The molecule has 0 spiro atoms. The number of hydrogen-bond acceptors (Lipinski definition) is 5. The Labute approximate surface area is 431 Å². The SMILES string of the molecule is CCCCCCCCCCCCCCCCCCCCCCCC(O)C(CO)NC(=O)CCCCCCCCCCCC/C=C\C=C/CCCCCOC(=O)CCCCCCCCCCCCCC. The Hall–Kier alpha value is -1.66. The summed E-state index contributed by atoms with van der Waals surface area (Å²) in [6.07, 6.45) is 71.8. The maximum atomic E-state index is 12.5. The van der Waals surface area contributed by atoms with Crippen molar-refractivity contribution in [3.63, 3.8) is 0 Å². The van der Waals surface area contributed by atoms with Crippen molar-refractivity contribution in [2.45, 2.75) is 353 Å². The maximum absolute atomic E-state index is 12.5. The molecule has 2 atom stereocenters. The zero-order chi connectivity index (χ0) is 50.0. The summed E-state index contributed by atoms with van der Waals surface area (Å²) >= 11 is 0. The van der Waals surface area contributed by atoms with E-state index < -0.39 is 12.1 Å². The van der Waals surface area contributed by atoms with Gasteiger partial charge in [0.25, 0.3) is 0 Å². The minimum atomic E-state index is -0.672. The first-order chi connectivity index (χ1) is 34.0. The molecular formula is C63H121NO5. The third kappa shape index (κ3) is 55.5. The van der Waals surface area contributed by atoms with Crippen molar-refractivity contribution in [1.82, 2.24) is 5.32 Å². The van der Waals surface area contributed by atoms with Gasteiger partial charge in [-0.15, -0.1) is 0 Å². The van der Waals surface area contributed by atoms with Crippen LogP contribution in [0.25, 0.3) is 0 Å². The molecule has 0 aliphatic carbocycles.